The topological polar surface area (TPSA) is 72.5 Å². The average Bonchev–Trinajstić information content (AvgIpc) is 3.01. The van der Waals surface area contributed by atoms with Gasteiger partial charge in [0.05, 0.1) is 5.52 Å². The number of para-hydroxylation sites is 1. The summed E-state index contributed by atoms with van der Waals surface area (Å²) in [5.41, 5.74) is 7.58. The van der Waals surface area contributed by atoms with Crippen molar-refractivity contribution >= 4 is 16.9 Å². The first-order valence-electron chi connectivity index (χ1n) is 6.22. The molecule has 0 unspecified atom stereocenters. The molecule has 5 nitrogen and oxygen atoms in total. The van der Waals surface area contributed by atoms with Crippen LogP contribution in [0.15, 0.2) is 24.3 Å². The first kappa shape index (κ1) is 10.5. The van der Waals surface area contributed by atoms with E-state index in [2.05, 4.69) is 19.7 Å². The minimum Gasteiger partial charge on any atom is -0.382 e. The Bertz CT molecular complexity index is 769. The second-order valence-corrected chi connectivity index (χ2v) is 4.85. The number of nitrogens with zero attached hydrogens (tertiary/aromatic N) is 3. The molecule has 3 N–H and O–H groups in total. The number of halogens is 1. The van der Waals surface area contributed by atoms with E-state index in [4.69, 9.17) is 5.73 Å². The van der Waals surface area contributed by atoms with E-state index in [9.17, 15) is 4.39 Å². The quantitative estimate of drug-likeness (QED) is 0.740. The van der Waals surface area contributed by atoms with Crippen molar-refractivity contribution in [3.05, 3.63) is 30.1 Å². The van der Waals surface area contributed by atoms with Gasteiger partial charge in [0.15, 0.2) is 11.6 Å². The van der Waals surface area contributed by atoms with E-state index in [0.717, 1.165) is 24.1 Å². The van der Waals surface area contributed by atoms with Crippen LogP contribution in [0.5, 0.6) is 0 Å². The number of rotatable bonds is 2. The Balaban J connectivity index is 2.04. The van der Waals surface area contributed by atoms with E-state index in [1.165, 1.54) is 6.07 Å². The zero-order chi connectivity index (χ0) is 13.0. The van der Waals surface area contributed by atoms with Crippen LogP contribution in [0, 0.1) is 5.82 Å². The smallest absolute Gasteiger partial charge is 0.159 e. The molecule has 0 bridgehead atoms. The molecule has 1 aromatic carbocycles. The number of nitrogens with one attached hydrogen (secondary N) is 1. The van der Waals surface area contributed by atoms with Crippen molar-refractivity contribution in [2.75, 3.05) is 5.73 Å². The molecule has 1 fully saturated rings. The molecule has 0 saturated heterocycles. The molecule has 0 amide bonds. The summed E-state index contributed by atoms with van der Waals surface area (Å²) in [6, 6.07) is 7.15. The van der Waals surface area contributed by atoms with Crippen LogP contribution in [0.3, 0.4) is 0 Å². The van der Waals surface area contributed by atoms with Gasteiger partial charge in [0.25, 0.3) is 0 Å². The summed E-state index contributed by atoms with van der Waals surface area (Å²) >= 11 is 0. The fraction of sp³-hybridized carbons (Fsp3) is 0.231. The molecule has 0 aliphatic heterocycles. The highest BCUT2D eigenvalue weighted by Crippen LogP contribution is 2.41. The number of hydrogen-bond donors (Lipinski definition) is 2. The van der Waals surface area contributed by atoms with Crippen LogP contribution in [0.1, 0.15) is 18.9 Å². The fourth-order valence-electron chi connectivity index (χ4n) is 2.43. The number of benzene rings is 1. The van der Waals surface area contributed by atoms with Crippen LogP contribution in [0.25, 0.3) is 22.6 Å². The number of aromatic amines is 1. The lowest BCUT2D eigenvalue weighted by molar-refractivity contribution is 0.637. The lowest BCUT2D eigenvalue weighted by atomic mass is 10.3. The molecule has 4 rings (SSSR count). The van der Waals surface area contributed by atoms with Crippen LogP contribution in [0.4, 0.5) is 10.2 Å². The third kappa shape index (κ3) is 1.53. The largest absolute Gasteiger partial charge is 0.382 e. The summed E-state index contributed by atoms with van der Waals surface area (Å²) < 4.78 is 15.9. The van der Waals surface area contributed by atoms with Crippen molar-refractivity contribution < 1.29 is 4.39 Å². The molecule has 2 aromatic heterocycles. The zero-order valence-corrected chi connectivity index (χ0v) is 10.1. The highest BCUT2D eigenvalue weighted by atomic mass is 19.1. The SMILES string of the molecule is Nc1cc(-c2nc3c(F)cccc3n2C2CC2)[nH]n1. The van der Waals surface area contributed by atoms with Gasteiger partial charge in [-0.25, -0.2) is 9.37 Å². The predicted molar refractivity (Wildman–Crippen MR) is 70.0 cm³/mol. The lowest BCUT2D eigenvalue weighted by Crippen LogP contribution is -1.97. The van der Waals surface area contributed by atoms with Crippen molar-refractivity contribution in [2.45, 2.75) is 18.9 Å². The number of H-pyrrole nitrogens is 1. The van der Waals surface area contributed by atoms with Gasteiger partial charge in [-0.3, -0.25) is 5.10 Å². The molecule has 0 atom stereocenters. The summed E-state index contributed by atoms with van der Waals surface area (Å²) in [6.07, 6.45) is 2.19. The Morgan fingerprint density at radius 1 is 1.37 bits per heavy atom. The minimum absolute atomic E-state index is 0.300. The van der Waals surface area contributed by atoms with Crippen LogP contribution < -0.4 is 5.73 Å². The van der Waals surface area contributed by atoms with Crippen molar-refractivity contribution in [3.63, 3.8) is 0 Å². The van der Waals surface area contributed by atoms with E-state index >= 15 is 0 Å². The molecule has 0 spiro atoms. The summed E-state index contributed by atoms with van der Waals surface area (Å²) in [5.74, 6) is 0.808. The molecule has 1 saturated carbocycles. The molecule has 0 radical (unpaired) electrons. The minimum atomic E-state index is -0.300. The summed E-state index contributed by atoms with van der Waals surface area (Å²) in [4.78, 5) is 4.42. The van der Waals surface area contributed by atoms with Gasteiger partial charge in [-0.05, 0) is 25.0 Å². The second kappa shape index (κ2) is 3.57. The van der Waals surface area contributed by atoms with Gasteiger partial charge in [-0.15, -0.1) is 0 Å². The van der Waals surface area contributed by atoms with Gasteiger partial charge in [0.2, 0.25) is 0 Å². The summed E-state index contributed by atoms with van der Waals surface area (Å²) in [5, 5.41) is 6.76. The molecule has 1 aliphatic rings. The molecule has 6 heteroatoms. The van der Waals surface area contributed by atoms with Crippen LogP contribution in [-0.4, -0.2) is 19.7 Å². The van der Waals surface area contributed by atoms with Crippen molar-refractivity contribution in [2.24, 2.45) is 0 Å². The molecule has 96 valence electrons. The van der Waals surface area contributed by atoms with Crippen molar-refractivity contribution in [3.8, 4) is 11.5 Å². The number of fused-ring (bicyclic) bond motifs is 1. The first-order valence-corrected chi connectivity index (χ1v) is 6.22. The van der Waals surface area contributed by atoms with Crippen molar-refractivity contribution in [1.29, 1.82) is 0 Å². The monoisotopic (exact) mass is 257 g/mol. The molecular weight excluding hydrogens is 245 g/mol. The van der Waals surface area contributed by atoms with E-state index < -0.39 is 0 Å². The normalized spacial score (nSPS) is 15.2. The first-order chi connectivity index (χ1) is 9.24. The average molecular weight is 257 g/mol. The lowest BCUT2D eigenvalue weighted by Gasteiger charge is -2.05. The number of anilines is 1. The maximum Gasteiger partial charge on any atom is 0.159 e. The van der Waals surface area contributed by atoms with Gasteiger partial charge in [0.1, 0.15) is 17.0 Å². The van der Waals surface area contributed by atoms with Crippen LogP contribution in [-0.2, 0) is 0 Å². The maximum absolute atomic E-state index is 13.9. The number of imidazole rings is 1. The van der Waals surface area contributed by atoms with Crippen LogP contribution >= 0.6 is 0 Å². The van der Waals surface area contributed by atoms with Gasteiger partial charge in [0, 0.05) is 12.1 Å². The van der Waals surface area contributed by atoms with Crippen molar-refractivity contribution in [1.82, 2.24) is 19.7 Å². The fourth-order valence-corrected chi connectivity index (χ4v) is 2.43. The van der Waals surface area contributed by atoms with Gasteiger partial charge in [-0.2, -0.15) is 5.10 Å². The van der Waals surface area contributed by atoms with E-state index in [-0.39, 0.29) is 5.82 Å². The highest BCUT2D eigenvalue weighted by molar-refractivity contribution is 5.81. The predicted octanol–water partition coefficient (Wildman–Crippen LogP) is 2.48. The number of hydrogen-bond acceptors (Lipinski definition) is 3. The standard InChI is InChI=1S/C13H12FN5/c14-8-2-1-3-10-12(8)16-13(19(10)7-4-5-7)9-6-11(15)18-17-9/h1-3,6-7H,4-5H2,(H3,15,17,18). The molecule has 3 aromatic rings. The Morgan fingerprint density at radius 3 is 2.89 bits per heavy atom. The highest BCUT2D eigenvalue weighted by Gasteiger charge is 2.29. The second-order valence-electron chi connectivity index (χ2n) is 4.85. The number of nitrogens with two attached hydrogens (primary N) is 1. The van der Waals surface area contributed by atoms with Gasteiger partial charge < -0.3 is 10.3 Å². The van der Waals surface area contributed by atoms with E-state index in [1.54, 1.807) is 12.1 Å². The zero-order valence-electron chi connectivity index (χ0n) is 10.1. The summed E-state index contributed by atoms with van der Waals surface area (Å²) in [6.45, 7) is 0. The van der Waals surface area contributed by atoms with E-state index in [0.29, 0.717) is 23.2 Å². The van der Waals surface area contributed by atoms with Crippen LogP contribution in [0.2, 0.25) is 0 Å². The van der Waals surface area contributed by atoms with E-state index in [1.807, 2.05) is 6.07 Å². The number of nitrogen functional groups attached to an aromatic ring is 1. The molecular formula is C13H12FN5. The Labute approximate surface area is 108 Å². The number of aromatic nitrogens is 4. The Morgan fingerprint density at radius 2 is 2.21 bits per heavy atom. The Hall–Kier alpha value is -2.37. The third-order valence-corrected chi connectivity index (χ3v) is 3.42. The van der Waals surface area contributed by atoms with Gasteiger partial charge in [-0.1, -0.05) is 6.07 Å². The summed E-state index contributed by atoms with van der Waals surface area (Å²) in [7, 11) is 0. The van der Waals surface area contributed by atoms with Gasteiger partial charge >= 0.3 is 0 Å². The molecule has 2 heterocycles. The third-order valence-electron chi connectivity index (χ3n) is 3.42. The molecule has 19 heavy (non-hydrogen) atoms. The Kier molecular flexibility index (Phi) is 1.98. The molecule has 1 aliphatic carbocycles. The maximum atomic E-state index is 13.9.